The van der Waals surface area contributed by atoms with E-state index in [4.69, 9.17) is 4.74 Å². The molecule has 2 rings (SSSR count). The van der Waals surface area contributed by atoms with Crippen molar-refractivity contribution in [2.75, 3.05) is 19.5 Å². The van der Waals surface area contributed by atoms with Gasteiger partial charge < -0.3 is 15.4 Å². The summed E-state index contributed by atoms with van der Waals surface area (Å²) in [6, 6.07) is 13.3. The second kappa shape index (κ2) is 6.79. The molecule has 0 aliphatic heterocycles. The van der Waals surface area contributed by atoms with Gasteiger partial charge in [-0.05, 0) is 36.8 Å². The number of ether oxygens (including phenoxy) is 1. The van der Waals surface area contributed by atoms with Gasteiger partial charge in [0.1, 0.15) is 5.75 Å². The van der Waals surface area contributed by atoms with E-state index in [1.807, 2.05) is 56.4 Å². The first-order valence-corrected chi connectivity index (χ1v) is 6.84. The summed E-state index contributed by atoms with van der Waals surface area (Å²) in [7, 11) is 3.49. The van der Waals surface area contributed by atoms with Crippen LogP contribution in [0.5, 0.6) is 5.75 Å². The maximum Gasteiger partial charge on any atom is 0.251 e. The van der Waals surface area contributed by atoms with Crippen molar-refractivity contribution in [1.29, 1.82) is 0 Å². The molecule has 0 saturated heterocycles. The average Bonchev–Trinajstić information content (AvgIpc) is 2.52. The Labute approximate surface area is 125 Å². The Bertz CT molecular complexity index is 638. The number of aryl methyl sites for hydroxylation is 1. The molecule has 0 spiro atoms. The van der Waals surface area contributed by atoms with E-state index in [0.717, 1.165) is 22.6 Å². The minimum atomic E-state index is -0.0911. The monoisotopic (exact) mass is 284 g/mol. The number of amides is 1. The summed E-state index contributed by atoms with van der Waals surface area (Å²) >= 11 is 0. The van der Waals surface area contributed by atoms with E-state index < -0.39 is 0 Å². The van der Waals surface area contributed by atoms with Crippen LogP contribution in [-0.4, -0.2) is 20.1 Å². The molecule has 1 amide bonds. The summed E-state index contributed by atoms with van der Waals surface area (Å²) < 4.78 is 5.27. The molecule has 2 N–H and O–H groups in total. The number of para-hydroxylation sites is 1. The van der Waals surface area contributed by atoms with Crippen molar-refractivity contribution in [1.82, 2.24) is 5.32 Å². The van der Waals surface area contributed by atoms with Crippen molar-refractivity contribution >= 4 is 11.6 Å². The highest BCUT2D eigenvalue weighted by Gasteiger charge is 2.08. The smallest absolute Gasteiger partial charge is 0.251 e. The quantitative estimate of drug-likeness (QED) is 0.887. The van der Waals surface area contributed by atoms with Crippen molar-refractivity contribution in [3.8, 4) is 5.75 Å². The summed E-state index contributed by atoms with van der Waals surface area (Å²) in [6.45, 7) is 2.42. The maximum absolute atomic E-state index is 12.2. The van der Waals surface area contributed by atoms with Crippen molar-refractivity contribution in [3.63, 3.8) is 0 Å². The van der Waals surface area contributed by atoms with Crippen molar-refractivity contribution < 1.29 is 9.53 Å². The fourth-order valence-corrected chi connectivity index (χ4v) is 2.21. The molecule has 0 bridgehead atoms. The Morgan fingerprint density at radius 2 is 1.95 bits per heavy atom. The Balaban J connectivity index is 2.06. The van der Waals surface area contributed by atoms with E-state index in [1.165, 1.54) is 0 Å². The Kier molecular flexibility index (Phi) is 4.82. The van der Waals surface area contributed by atoms with E-state index >= 15 is 0 Å². The largest absolute Gasteiger partial charge is 0.496 e. The first kappa shape index (κ1) is 14.9. The number of carbonyl (C=O) groups is 1. The number of hydrogen-bond acceptors (Lipinski definition) is 3. The number of benzene rings is 2. The minimum absolute atomic E-state index is 0.0911. The molecule has 4 heteroatoms. The van der Waals surface area contributed by atoms with Crippen LogP contribution in [-0.2, 0) is 6.54 Å². The van der Waals surface area contributed by atoms with Crippen molar-refractivity contribution in [2.45, 2.75) is 13.5 Å². The van der Waals surface area contributed by atoms with Crippen LogP contribution in [0.4, 0.5) is 5.69 Å². The topological polar surface area (TPSA) is 50.4 Å². The molecular weight excluding hydrogens is 264 g/mol. The van der Waals surface area contributed by atoms with E-state index in [-0.39, 0.29) is 5.91 Å². The molecule has 4 nitrogen and oxygen atoms in total. The highest BCUT2D eigenvalue weighted by Crippen LogP contribution is 2.18. The molecular formula is C17H20N2O2. The lowest BCUT2D eigenvalue weighted by Crippen LogP contribution is -2.23. The zero-order valence-electron chi connectivity index (χ0n) is 12.6. The SMILES string of the molecule is CNc1ccc(C(=O)NCc2ccccc2OC)cc1C. The van der Waals surface area contributed by atoms with Crippen LogP contribution in [0, 0.1) is 6.92 Å². The molecule has 0 radical (unpaired) electrons. The Hall–Kier alpha value is -2.49. The van der Waals surface area contributed by atoms with Crippen LogP contribution in [0.25, 0.3) is 0 Å². The highest BCUT2D eigenvalue weighted by molar-refractivity contribution is 5.94. The molecule has 0 aromatic heterocycles. The van der Waals surface area contributed by atoms with E-state index in [1.54, 1.807) is 7.11 Å². The molecule has 0 aliphatic rings. The number of hydrogen-bond donors (Lipinski definition) is 2. The van der Waals surface area contributed by atoms with Crippen LogP contribution in [0.15, 0.2) is 42.5 Å². The number of carbonyl (C=O) groups excluding carboxylic acids is 1. The predicted octanol–water partition coefficient (Wildman–Crippen LogP) is 2.98. The number of methoxy groups -OCH3 is 1. The summed E-state index contributed by atoms with van der Waals surface area (Å²) in [4.78, 5) is 12.2. The van der Waals surface area contributed by atoms with Crippen molar-refractivity contribution in [2.24, 2.45) is 0 Å². The van der Waals surface area contributed by atoms with Crippen LogP contribution >= 0.6 is 0 Å². The molecule has 0 unspecified atom stereocenters. The number of rotatable bonds is 5. The van der Waals surface area contributed by atoms with Crippen LogP contribution in [0.1, 0.15) is 21.5 Å². The average molecular weight is 284 g/mol. The van der Waals surface area contributed by atoms with Gasteiger partial charge in [-0.3, -0.25) is 4.79 Å². The molecule has 110 valence electrons. The summed E-state index contributed by atoms with van der Waals surface area (Å²) in [5, 5.41) is 6.00. The zero-order valence-corrected chi connectivity index (χ0v) is 12.6. The van der Waals surface area contributed by atoms with Gasteiger partial charge in [-0.25, -0.2) is 0 Å². The standard InChI is InChI=1S/C17H20N2O2/c1-12-10-13(8-9-15(12)18-2)17(20)19-11-14-6-4-5-7-16(14)21-3/h4-10,18H,11H2,1-3H3,(H,19,20). The lowest BCUT2D eigenvalue weighted by molar-refractivity contribution is 0.0950. The van der Waals surface area contributed by atoms with Gasteiger partial charge in [-0.15, -0.1) is 0 Å². The second-order valence-electron chi connectivity index (χ2n) is 4.77. The van der Waals surface area contributed by atoms with E-state index in [9.17, 15) is 4.79 Å². The summed E-state index contributed by atoms with van der Waals surface area (Å²) in [5.74, 6) is 0.686. The normalized spacial score (nSPS) is 10.0. The molecule has 0 fully saturated rings. The number of nitrogens with one attached hydrogen (secondary N) is 2. The third kappa shape index (κ3) is 3.54. The molecule has 0 heterocycles. The third-order valence-electron chi connectivity index (χ3n) is 3.39. The maximum atomic E-state index is 12.2. The first-order chi connectivity index (χ1) is 10.2. The zero-order chi connectivity index (χ0) is 15.2. The summed E-state index contributed by atoms with van der Waals surface area (Å²) in [5.41, 5.74) is 3.68. The minimum Gasteiger partial charge on any atom is -0.496 e. The Morgan fingerprint density at radius 3 is 2.62 bits per heavy atom. The Morgan fingerprint density at radius 1 is 1.19 bits per heavy atom. The van der Waals surface area contributed by atoms with E-state index in [2.05, 4.69) is 10.6 Å². The van der Waals surface area contributed by atoms with Gasteiger partial charge in [0, 0.05) is 30.4 Å². The molecule has 2 aromatic carbocycles. The van der Waals surface area contributed by atoms with Gasteiger partial charge in [0.05, 0.1) is 7.11 Å². The predicted molar refractivity (Wildman–Crippen MR) is 84.9 cm³/mol. The number of anilines is 1. The van der Waals surface area contributed by atoms with Gasteiger partial charge in [0.2, 0.25) is 0 Å². The highest BCUT2D eigenvalue weighted by atomic mass is 16.5. The second-order valence-corrected chi connectivity index (χ2v) is 4.77. The first-order valence-electron chi connectivity index (χ1n) is 6.84. The van der Waals surface area contributed by atoms with Gasteiger partial charge in [0.15, 0.2) is 0 Å². The lowest BCUT2D eigenvalue weighted by Gasteiger charge is -2.11. The van der Waals surface area contributed by atoms with Crippen molar-refractivity contribution in [3.05, 3.63) is 59.2 Å². The molecule has 0 aliphatic carbocycles. The lowest BCUT2D eigenvalue weighted by atomic mass is 10.1. The molecule has 0 atom stereocenters. The molecule has 0 saturated carbocycles. The van der Waals surface area contributed by atoms with Crippen LogP contribution in [0.3, 0.4) is 0 Å². The van der Waals surface area contributed by atoms with Gasteiger partial charge in [0.25, 0.3) is 5.91 Å². The van der Waals surface area contributed by atoms with Crippen LogP contribution < -0.4 is 15.4 Å². The molecule has 2 aromatic rings. The fourth-order valence-electron chi connectivity index (χ4n) is 2.21. The van der Waals surface area contributed by atoms with Gasteiger partial charge in [-0.2, -0.15) is 0 Å². The van der Waals surface area contributed by atoms with Gasteiger partial charge >= 0.3 is 0 Å². The molecule has 21 heavy (non-hydrogen) atoms. The van der Waals surface area contributed by atoms with E-state index in [0.29, 0.717) is 12.1 Å². The van der Waals surface area contributed by atoms with Gasteiger partial charge in [-0.1, -0.05) is 18.2 Å². The fraction of sp³-hybridized carbons (Fsp3) is 0.235. The third-order valence-corrected chi connectivity index (χ3v) is 3.39. The summed E-state index contributed by atoms with van der Waals surface area (Å²) in [6.07, 6.45) is 0. The van der Waals surface area contributed by atoms with Crippen LogP contribution in [0.2, 0.25) is 0 Å².